The standard InChI is InChI=1S/C14H19N5O3S.ClH/c1-2-7-23(21,22)9-13(20)16-11-5-3-10(4-6-11)14-17-12(8-15)18-19-14;/h3-6H,2,7-9,15H2,1H3,(H,16,20)(H,17,18,19);1H. The zero-order chi connectivity index (χ0) is 16.9. The number of hydrogen-bond donors (Lipinski definition) is 3. The molecule has 0 saturated heterocycles. The van der Waals surface area contributed by atoms with Crippen molar-refractivity contribution in [1.29, 1.82) is 0 Å². The molecule has 0 aliphatic rings. The van der Waals surface area contributed by atoms with Gasteiger partial charge in [-0.25, -0.2) is 13.4 Å². The third-order valence-electron chi connectivity index (χ3n) is 3.02. The van der Waals surface area contributed by atoms with Crippen LogP contribution in [0.15, 0.2) is 24.3 Å². The Bertz CT molecular complexity index is 774. The molecule has 10 heteroatoms. The maximum absolute atomic E-state index is 11.8. The molecule has 0 unspecified atom stereocenters. The Hall–Kier alpha value is -1.97. The second-order valence-electron chi connectivity index (χ2n) is 5.03. The molecular weight excluding hydrogens is 354 g/mol. The molecule has 24 heavy (non-hydrogen) atoms. The molecule has 0 aliphatic carbocycles. The number of carbonyl (C=O) groups is 1. The van der Waals surface area contributed by atoms with Crippen LogP contribution < -0.4 is 11.1 Å². The molecule has 0 saturated carbocycles. The van der Waals surface area contributed by atoms with Crippen LogP contribution in [0.2, 0.25) is 0 Å². The van der Waals surface area contributed by atoms with Crippen LogP contribution >= 0.6 is 12.4 Å². The van der Waals surface area contributed by atoms with Crippen molar-refractivity contribution >= 4 is 33.8 Å². The predicted molar refractivity (Wildman–Crippen MR) is 94.5 cm³/mol. The molecule has 0 aliphatic heterocycles. The topological polar surface area (TPSA) is 131 Å². The number of hydrogen-bond acceptors (Lipinski definition) is 6. The molecule has 4 N–H and O–H groups in total. The van der Waals surface area contributed by atoms with E-state index in [1.807, 2.05) is 0 Å². The largest absolute Gasteiger partial charge is 0.325 e. The normalized spacial score (nSPS) is 10.9. The van der Waals surface area contributed by atoms with Crippen LogP contribution in [0.4, 0.5) is 5.69 Å². The van der Waals surface area contributed by atoms with E-state index in [0.29, 0.717) is 23.8 Å². The van der Waals surface area contributed by atoms with E-state index in [0.717, 1.165) is 5.56 Å². The summed E-state index contributed by atoms with van der Waals surface area (Å²) < 4.78 is 23.2. The monoisotopic (exact) mass is 373 g/mol. The number of sulfone groups is 1. The molecule has 0 bridgehead atoms. The number of nitrogens with one attached hydrogen (secondary N) is 2. The number of carbonyl (C=O) groups excluding carboxylic acids is 1. The summed E-state index contributed by atoms with van der Waals surface area (Å²) in [7, 11) is -3.35. The van der Waals surface area contributed by atoms with E-state index in [1.54, 1.807) is 31.2 Å². The van der Waals surface area contributed by atoms with Gasteiger partial charge in [0.05, 0.1) is 12.3 Å². The Morgan fingerprint density at radius 1 is 1.29 bits per heavy atom. The van der Waals surface area contributed by atoms with Crippen LogP contribution in [0, 0.1) is 0 Å². The minimum atomic E-state index is -3.35. The molecule has 0 spiro atoms. The number of benzene rings is 1. The highest BCUT2D eigenvalue weighted by Crippen LogP contribution is 2.18. The van der Waals surface area contributed by atoms with Crippen LogP contribution in [0.25, 0.3) is 11.4 Å². The summed E-state index contributed by atoms with van der Waals surface area (Å²) in [6.45, 7) is 2.03. The second kappa shape index (κ2) is 8.76. The van der Waals surface area contributed by atoms with Crippen molar-refractivity contribution in [2.45, 2.75) is 19.9 Å². The van der Waals surface area contributed by atoms with Crippen LogP contribution in [-0.4, -0.2) is 41.0 Å². The van der Waals surface area contributed by atoms with Gasteiger partial charge in [-0.2, -0.15) is 5.10 Å². The average Bonchev–Trinajstić information content (AvgIpc) is 2.96. The predicted octanol–water partition coefficient (Wildman–Crippen LogP) is 1.12. The summed E-state index contributed by atoms with van der Waals surface area (Å²) in [5, 5.41) is 9.31. The summed E-state index contributed by atoms with van der Waals surface area (Å²) in [5.41, 5.74) is 6.74. The highest BCUT2D eigenvalue weighted by Gasteiger charge is 2.15. The SMILES string of the molecule is CCCS(=O)(=O)CC(=O)Nc1ccc(-c2n[nH]c(CN)n2)cc1.Cl. The maximum atomic E-state index is 11.8. The number of aromatic nitrogens is 3. The van der Waals surface area contributed by atoms with E-state index in [4.69, 9.17) is 5.73 Å². The molecule has 2 rings (SSSR count). The zero-order valence-corrected chi connectivity index (χ0v) is 14.8. The van der Waals surface area contributed by atoms with Gasteiger partial charge in [-0.1, -0.05) is 6.92 Å². The molecular formula is C14H20ClN5O3S. The number of nitrogens with zero attached hydrogens (tertiary/aromatic N) is 2. The van der Waals surface area contributed by atoms with E-state index in [9.17, 15) is 13.2 Å². The fourth-order valence-electron chi connectivity index (χ4n) is 2.00. The Morgan fingerprint density at radius 2 is 1.96 bits per heavy atom. The summed E-state index contributed by atoms with van der Waals surface area (Å²) >= 11 is 0. The highest BCUT2D eigenvalue weighted by molar-refractivity contribution is 7.92. The lowest BCUT2D eigenvalue weighted by molar-refractivity contribution is -0.113. The summed E-state index contributed by atoms with van der Waals surface area (Å²) in [5.74, 6) is 0.0405. The van der Waals surface area contributed by atoms with Gasteiger partial charge in [0.1, 0.15) is 11.6 Å². The Kier molecular flexibility index (Phi) is 7.33. The van der Waals surface area contributed by atoms with Gasteiger partial charge < -0.3 is 11.1 Å². The van der Waals surface area contributed by atoms with E-state index < -0.39 is 21.5 Å². The van der Waals surface area contributed by atoms with Crippen LogP contribution in [0.1, 0.15) is 19.2 Å². The fourth-order valence-corrected chi connectivity index (χ4v) is 3.24. The molecule has 0 radical (unpaired) electrons. The maximum Gasteiger partial charge on any atom is 0.239 e. The average molecular weight is 374 g/mol. The van der Waals surface area contributed by atoms with Crippen molar-refractivity contribution in [3.63, 3.8) is 0 Å². The molecule has 8 nitrogen and oxygen atoms in total. The summed E-state index contributed by atoms with van der Waals surface area (Å²) in [6, 6.07) is 6.80. The number of aromatic amines is 1. The van der Waals surface area contributed by atoms with Gasteiger partial charge in [-0.05, 0) is 30.7 Å². The molecule has 1 heterocycles. The second-order valence-corrected chi connectivity index (χ2v) is 7.21. The third-order valence-corrected chi connectivity index (χ3v) is 4.75. The summed E-state index contributed by atoms with van der Waals surface area (Å²) in [4.78, 5) is 16.0. The van der Waals surface area contributed by atoms with Crippen molar-refractivity contribution in [2.24, 2.45) is 5.73 Å². The Balaban J connectivity index is 0.00000288. The van der Waals surface area contributed by atoms with Gasteiger partial charge in [-0.15, -0.1) is 12.4 Å². The van der Waals surface area contributed by atoms with E-state index in [1.165, 1.54) is 0 Å². The van der Waals surface area contributed by atoms with Crippen LogP contribution in [0.5, 0.6) is 0 Å². The first-order chi connectivity index (χ1) is 10.9. The van der Waals surface area contributed by atoms with Crippen LogP contribution in [0.3, 0.4) is 0 Å². The van der Waals surface area contributed by atoms with Crippen LogP contribution in [-0.2, 0) is 21.2 Å². The highest BCUT2D eigenvalue weighted by atomic mass is 35.5. The minimum absolute atomic E-state index is 0. The van der Waals surface area contributed by atoms with Crippen molar-refractivity contribution in [3.8, 4) is 11.4 Å². The number of amides is 1. The molecule has 1 amide bonds. The molecule has 1 aromatic heterocycles. The smallest absolute Gasteiger partial charge is 0.239 e. The van der Waals surface area contributed by atoms with Gasteiger partial charge in [0.15, 0.2) is 15.7 Å². The number of nitrogens with two attached hydrogens (primary N) is 1. The Morgan fingerprint density at radius 3 is 2.50 bits per heavy atom. The lowest BCUT2D eigenvalue weighted by atomic mass is 10.2. The van der Waals surface area contributed by atoms with Crippen molar-refractivity contribution in [3.05, 3.63) is 30.1 Å². The number of halogens is 1. The van der Waals surface area contributed by atoms with Gasteiger partial charge in [0.2, 0.25) is 5.91 Å². The van der Waals surface area contributed by atoms with E-state index in [-0.39, 0.29) is 24.7 Å². The minimum Gasteiger partial charge on any atom is -0.325 e. The zero-order valence-electron chi connectivity index (χ0n) is 13.2. The number of H-pyrrole nitrogens is 1. The van der Waals surface area contributed by atoms with Gasteiger partial charge in [0, 0.05) is 11.3 Å². The quantitative estimate of drug-likeness (QED) is 0.666. The molecule has 2 aromatic rings. The number of rotatable bonds is 7. The van der Waals surface area contributed by atoms with Gasteiger partial charge in [-0.3, -0.25) is 9.89 Å². The van der Waals surface area contributed by atoms with E-state index >= 15 is 0 Å². The molecule has 1 aromatic carbocycles. The lowest BCUT2D eigenvalue weighted by Gasteiger charge is -2.06. The van der Waals surface area contributed by atoms with E-state index in [2.05, 4.69) is 20.5 Å². The molecule has 0 fully saturated rings. The number of anilines is 1. The van der Waals surface area contributed by atoms with Crippen molar-refractivity contribution < 1.29 is 13.2 Å². The van der Waals surface area contributed by atoms with Gasteiger partial charge >= 0.3 is 0 Å². The van der Waals surface area contributed by atoms with Crippen molar-refractivity contribution in [1.82, 2.24) is 15.2 Å². The first-order valence-electron chi connectivity index (χ1n) is 7.15. The van der Waals surface area contributed by atoms with Crippen molar-refractivity contribution in [2.75, 3.05) is 16.8 Å². The summed E-state index contributed by atoms with van der Waals surface area (Å²) in [6.07, 6.45) is 0.492. The first-order valence-corrected chi connectivity index (χ1v) is 8.97. The first kappa shape index (κ1) is 20.1. The fraction of sp³-hybridized carbons (Fsp3) is 0.357. The molecule has 132 valence electrons. The van der Waals surface area contributed by atoms with Gasteiger partial charge in [0.25, 0.3) is 0 Å². The molecule has 0 atom stereocenters. The third kappa shape index (κ3) is 5.59. The lowest BCUT2D eigenvalue weighted by Crippen LogP contribution is -2.24. The Labute approximate surface area is 146 Å².